The van der Waals surface area contributed by atoms with Crippen molar-refractivity contribution in [3.63, 3.8) is 0 Å². The van der Waals surface area contributed by atoms with E-state index in [-0.39, 0.29) is 12.6 Å². The van der Waals surface area contributed by atoms with Gasteiger partial charge < -0.3 is 15.3 Å². The number of hydrogen-bond donors (Lipinski definition) is 2. The van der Waals surface area contributed by atoms with Crippen molar-refractivity contribution in [3.05, 3.63) is 0 Å². The van der Waals surface area contributed by atoms with Crippen molar-refractivity contribution in [1.82, 2.24) is 10.2 Å². The Hall–Kier alpha value is -1.26. The van der Waals surface area contributed by atoms with Crippen molar-refractivity contribution in [2.24, 2.45) is 17.8 Å². The summed E-state index contributed by atoms with van der Waals surface area (Å²) in [4.78, 5) is 24.9. The first-order valence-corrected chi connectivity index (χ1v) is 7.37. The van der Waals surface area contributed by atoms with Gasteiger partial charge in [-0.1, -0.05) is 19.8 Å². The van der Waals surface area contributed by atoms with Gasteiger partial charge in [-0.05, 0) is 31.1 Å². The van der Waals surface area contributed by atoms with E-state index < -0.39 is 11.9 Å². The van der Waals surface area contributed by atoms with Crippen LogP contribution in [0.3, 0.4) is 0 Å². The highest BCUT2D eigenvalue weighted by Crippen LogP contribution is 2.37. The summed E-state index contributed by atoms with van der Waals surface area (Å²) in [6.45, 7) is 3.90. The Kier molecular flexibility index (Phi) is 4.66. The zero-order valence-electron chi connectivity index (χ0n) is 11.6. The summed E-state index contributed by atoms with van der Waals surface area (Å²) in [6.07, 6.45) is 5.20. The molecule has 2 fully saturated rings. The zero-order chi connectivity index (χ0) is 13.8. The van der Waals surface area contributed by atoms with Crippen LogP contribution >= 0.6 is 0 Å². The number of carboxylic acid groups (broad SMARTS) is 1. The highest BCUT2D eigenvalue weighted by molar-refractivity contribution is 5.76. The molecule has 0 aromatic carbocycles. The molecule has 0 spiro atoms. The maximum atomic E-state index is 12.0. The Morgan fingerprint density at radius 3 is 2.47 bits per heavy atom. The van der Waals surface area contributed by atoms with Crippen LogP contribution in [0.15, 0.2) is 0 Å². The molecule has 108 valence electrons. The average molecular weight is 268 g/mol. The number of nitrogens with zero attached hydrogens (tertiary/aromatic N) is 1. The Morgan fingerprint density at radius 2 is 1.95 bits per heavy atom. The van der Waals surface area contributed by atoms with E-state index in [1.54, 1.807) is 0 Å². The van der Waals surface area contributed by atoms with Gasteiger partial charge in [0.1, 0.15) is 0 Å². The normalized spacial score (nSPS) is 27.1. The minimum Gasteiger partial charge on any atom is -0.481 e. The topological polar surface area (TPSA) is 69.6 Å². The van der Waals surface area contributed by atoms with Gasteiger partial charge in [0, 0.05) is 19.6 Å². The van der Waals surface area contributed by atoms with Crippen molar-refractivity contribution >= 4 is 12.0 Å². The molecule has 0 bridgehead atoms. The van der Waals surface area contributed by atoms with Crippen LogP contribution in [0.5, 0.6) is 0 Å². The molecule has 2 rings (SSSR count). The molecular weight excluding hydrogens is 244 g/mol. The van der Waals surface area contributed by atoms with Crippen molar-refractivity contribution in [1.29, 1.82) is 0 Å². The quantitative estimate of drug-likeness (QED) is 0.800. The van der Waals surface area contributed by atoms with E-state index in [0.717, 1.165) is 19.5 Å². The highest BCUT2D eigenvalue weighted by atomic mass is 16.4. The maximum Gasteiger partial charge on any atom is 0.317 e. The van der Waals surface area contributed by atoms with Crippen molar-refractivity contribution < 1.29 is 14.7 Å². The van der Waals surface area contributed by atoms with Gasteiger partial charge >= 0.3 is 12.0 Å². The van der Waals surface area contributed by atoms with Gasteiger partial charge in [0.25, 0.3) is 0 Å². The fourth-order valence-corrected chi connectivity index (χ4v) is 3.38. The number of aliphatic carboxylic acids is 1. The van der Waals surface area contributed by atoms with E-state index in [1.807, 2.05) is 11.8 Å². The van der Waals surface area contributed by atoms with Crippen molar-refractivity contribution in [3.8, 4) is 0 Å². The van der Waals surface area contributed by atoms with Crippen LogP contribution in [0.25, 0.3) is 0 Å². The minimum absolute atomic E-state index is 0.0863. The molecule has 19 heavy (non-hydrogen) atoms. The molecule has 0 radical (unpaired) electrons. The summed E-state index contributed by atoms with van der Waals surface area (Å²) < 4.78 is 0. The van der Waals surface area contributed by atoms with Crippen molar-refractivity contribution in [2.45, 2.75) is 39.0 Å². The summed E-state index contributed by atoms with van der Waals surface area (Å²) in [7, 11) is 0. The zero-order valence-corrected chi connectivity index (χ0v) is 11.6. The Labute approximate surface area is 114 Å². The molecule has 1 heterocycles. The van der Waals surface area contributed by atoms with E-state index in [9.17, 15) is 9.59 Å². The lowest BCUT2D eigenvalue weighted by atomic mass is 10.0. The first-order chi connectivity index (χ1) is 9.11. The van der Waals surface area contributed by atoms with Crippen LogP contribution in [0.1, 0.15) is 39.0 Å². The summed E-state index contributed by atoms with van der Waals surface area (Å²) in [6, 6.07) is -0.0863. The predicted molar refractivity (Wildman–Crippen MR) is 71.8 cm³/mol. The first kappa shape index (κ1) is 14.2. The number of fused-ring (bicyclic) bond motifs is 1. The lowest BCUT2D eigenvalue weighted by molar-refractivity contribution is -0.141. The molecule has 1 aliphatic heterocycles. The fourth-order valence-electron chi connectivity index (χ4n) is 3.38. The van der Waals surface area contributed by atoms with E-state index in [1.165, 1.54) is 19.3 Å². The van der Waals surface area contributed by atoms with Gasteiger partial charge in [-0.15, -0.1) is 0 Å². The molecule has 0 aromatic heterocycles. The monoisotopic (exact) mass is 268 g/mol. The van der Waals surface area contributed by atoms with Gasteiger partial charge in [0.2, 0.25) is 0 Å². The fraction of sp³-hybridized carbons (Fsp3) is 0.857. The molecule has 1 saturated carbocycles. The lowest BCUT2D eigenvalue weighted by Crippen LogP contribution is -2.42. The van der Waals surface area contributed by atoms with Gasteiger partial charge in [-0.25, -0.2) is 4.79 Å². The smallest absolute Gasteiger partial charge is 0.317 e. The van der Waals surface area contributed by atoms with Gasteiger partial charge in [-0.3, -0.25) is 4.79 Å². The molecular formula is C14H24N2O3. The number of carbonyl (C=O) groups is 2. The highest BCUT2D eigenvalue weighted by Gasteiger charge is 2.38. The number of nitrogens with one attached hydrogen (secondary N) is 1. The number of hydrogen-bond acceptors (Lipinski definition) is 2. The molecule has 5 heteroatoms. The second-order valence-electron chi connectivity index (χ2n) is 5.87. The standard InChI is InChI=1S/C14H24N2O3/c1-2-4-10(13(17)18)7-15-14(19)16-8-11-5-3-6-12(11)9-16/h10-12H,2-9H2,1H3,(H,15,19)(H,17,18). The Morgan fingerprint density at radius 1 is 1.32 bits per heavy atom. The molecule has 5 nitrogen and oxygen atoms in total. The lowest BCUT2D eigenvalue weighted by Gasteiger charge is -2.20. The number of carboxylic acids is 1. The Balaban J connectivity index is 1.76. The summed E-state index contributed by atoms with van der Waals surface area (Å²) in [5, 5.41) is 11.8. The summed E-state index contributed by atoms with van der Waals surface area (Å²) in [5.41, 5.74) is 0. The maximum absolute atomic E-state index is 12.0. The van der Waals surface area contributed by atoms with Crippen LogP contribution in [-0.2, 0) is 4.79 Å². The molecule has 1 aliphatic carbocycles. The number of carbonyl (C=O) groups excluding carboxylic acids is 1. The summed E-state index contributed by atoms with van der Waals surface area (Å²) in [5.74, 6) is 0.0739. The van der Waals surface area contributed by atoms with Gasteiger partial charge in [0.05, 0.1) is 5.92 Å². The van der Waals surface area contributed by atoms with E-state index in [0.29, 0.717) is 18.3 Å². The van der Waals surface area contributed by atoms with E-state index in [4.69, 9.17) is 5.11 Å². The second-order valence-corrected chi connectivity index (χ2v) is 5.87. The third kappa shape index (κ3) is 3.39. The number of likely N-dealkylation sites (tertiary alicyclic amines) is 1. The SMILES string of the molecule is CCCC(CNC(=O)N1CC2CCCC2C1)C(=O)O. The van der Waals surface area contributed by atoms with Crippen LogP contribution in [-0.4, -0.2) is 41.6 Å². The molecule has 2 aliphatic rings. The average Bonchev–Trinajstić information content (AvgIpc) is 2.94. The third-order valence-corrected chi connectivity index (χ3v) is 4.50. The van der Waals surface area contributed by atoms with E-state index in [2.05, 4.69) is 5.32 Å². The number of urea groups is 1. The van der Waals surface area contributed by atoms with Crippen LogP contribution in [0.4, 0.5) is 4.79 Å². The van der Waals surface area contributed by atoms with Crippen LogP contribution in [0.2, 0.25) is 0 Å². The minimum atomic E-state index is -0.819. The van der Waals surface area contributed by atoms with Gasteiger partial charge in [0.15, 0.2) is 0 Å². The van der Waals surface area contributed by atoms with Crippen LogP contribution in [0, 0.1) is 17.8 Å². The second kappa shape index (κ2) is 6.26. The molecule has 2 amide bonds. The molecule has 0 aromatic rings. The predicted octanol–water partition coefficient (Wildman–Crippen LogP) is 1.93. The Bertz CT molecular complexity index is 334. The summed E-state index contributed by atoms with van der Waals surface area (Å²) >= 11 is 0. The third-order valence-electron chi connectivity index (χ3n) is 4.50. The van der Waals surface area contributed by atoms with E-state index >= 15 is 0 Å². The molecule has 3 atom stereocenters. The molecule has 3 unspecified atom stereocenters. The molecule has 2 N–H and O–H groups in total. The largest absolute Gasteiger partial charge is 0.481 e. The van der Waals surface area contributed by atoms with Crippen molar-refractivity contribution in [2.75, 3.05) is 19.6 Å². The van der Waals surface area contributed by atoms with Crippen LogP contribution < -0.4 is 5.32 Å². The number of rotatable bonds is 5. The van der Waals surface area contributed by atoms with Gasteiger partial charge in [-0.2, -0.15) is 0 Å². The first-order valence-electron chi connectivity index (χ1n) is 7.37. The number of amides is 2. The molecule has 1 saturated heterocycles.